The molecule has 1 amide bonds. The summed E-state index contributed by atoms with van der Waals surface area (Å²) in [7, 11) is 0. The largest absolute Gasteiger partial charge is 0.508 e. The fraction of sp³-hybridized carbons (Fsp3) is 0.167. The van der Waals surface area contributed by atoms with Gasteiger partial charge in [-0.2, -0.15) is 0 Å². The molecule has 2 N–H and O–H groups in total. The molecule has 0 spiro atoms. The van der Waals surface area contributed by atoms with Crippen LogP contribution >= 0.6 is 0 Å². The molecule has 8 nitrogen and oxygen atoms in total. The van der Waals surface area contributed by atoms with Crippen molar-refractivity contribution in [1.29, 1.82) is 0 Å². The van der Waals surface area contributed by atoms with Crippen LogP contribution in [0.3, 0.4) is 0 Å². The summed E-state index contributed by atoms with van der Waals surface area (Å²) < 4.78 is 1.30. The maximum absolute atomic E-state index is 12.1. The van der Waals surface area contributed by atoms with Crippen LogP contribution in [-0.2, 0) is 16.1 Å². The Kier molecular flexibility index (Phi) is 3.94. The standard InChI is InChI=1S/C12H12N4O4/c17-10-3-1-9(2-4-10)16(8-12(19)20)11(18)7-15-6-5-13-14-15/h1-6,17H,7-8H2,(H,19,20). The number of aliphatic carboxylic acids is 1. The zero-order valence-corrected chi connectivity index (χ0v) is 10.4. The number of rotatable bonds is 5. The second-order valence-electron chi connectivity index (χ2n) is 3.99. The van der Waals surface area contributed by atoms with Gasteiger partial charge in [-0.1, -0.05) is 5.21 Å². The number of anilines is 1. The lowest BCUT2D eigenvalue weighted by atomic mass is 10.2. The molecule has 20 heavy (non-hydrogen) atoms. The number of nitrogens with zero attached hydrogens (tertiary/aromatic N) is 4. The highest BCUT2D eigenvalue weighted by Crippen LogP contribution is 2.18. The van der Waals surface area contributed by atoms with Gasteiger partial charge in [0.1, 0.15) is 18.8 Å². The first-order valence-electron chi connectivity index (χ1n) is 5.71. The predicted molar refractivity (Wildman–Crippen MR) is 68.1 cm³/mol. The summed E-state index contributed by atoms with van der Waals surface area (Å²) in [6, 6.07) is 5.70. The molecule has 8 heteroatoms. The monoisotopic (exact) mass is 276 g/mol. The van der Waals surface area contributed by atoms with E-state index in [2.05, 4.69) is 10.3 Å². The van der Waals surface area contributed by atoms with Crippen molar-refractivity contribution in [3.8, 4) is 5.75 Å². The number of phenols is 1. The van der Waals surface area contributed by atoms with E-state index in [-0.39, 0.29) is 12.3 Å². The van der Waals surface area contributed by atoms with Gasteiger partial charge in [0, 0.05) is 11.9 Å². The normalized spacial score (nSPS) is 10.2. The Morgan fingerprint density at radius 2 is 1.95 bits per heavy atom. The van der Waals surface area contributed by atoms with E-state index in [1.54, 1.807) is 0 Å². The van der Waals surface area contributed by atoms with Crippen molar-refractivity contribution in [2.45, 2.75) is 6.54 Å². The second kappa shape index (κ2) is 5.83. The third kappa shape index (κ3) is 3.31. The minimum Gasteiger partial charge on any atom is -0.508 e. The quantitative estimate of drug-likeness (QED) is 0.801. The molecule has 104 valence electrons. The van der Waals surface area contributed by atoms with Crippen molar-refractivity contribution >= 4 is 17.6 Å². The molecule has 0 aliphatic heterocycles. The molecule has 0 saturated heterocycles. The Labute approximate surface area is 113 Å². The van der Waals surface area contributed by atoms with Crippen molar-refractivity contribution < 1.29 is 19.8 Å². The summed E-state index contributed by atoms with van der Waals surface area (Å²) >= 11 is 0. The SMILES string of the molecule is O=C(O)CN(C(=O)Cn1ccnn1)c1ccc(O)cc1. The minimum atomic E-state index is -1.13. The van der Waals surface area contributed by atoms with Crippen LogP contribution in [0.25, 0.3) is 0 Å². The van der Waals surface area contributed by atoms with Gasteiger partial charge < -0.3 is 10.2 Å². The third-order valence-corrected chi connectivity index (χ3v) is 2.53. The number of hydrogen-bond donors (Lipinski definition) is 2. The fourth-order valence-corrected chi connectivity index (χ4v) is 1.63. The van der Waals surface area contributed by atoms with E-state index >= 15 is 0 Å². The Morgan fingerprint density at radius 1 is 1.25 bits per heavy atom. The first-order valence-corrected chi connectivity index (χ1v) is 5.71. The number of carboxylic acid groups (broad SMARTS) is 1. The van der Waals surface area contributed by atoms with Gasteiger partial charge >= 0.3 is 5.97 Å². The smallest absolute Gasteiger partial charge is 0.323 e. The van der Waals surface area contributed by atoms with Crippen molar-refractivity contribution in [1.82, 2.24) is 15.0 Å². The fourth-order valence-electron chi connectivity index (χ4n) is 1.63. The van der Waals surface area contributed by atoms with Crippen LogP contribution in [0.15, 0.2) is 36.7 Å². The predicted octanol–water partition coefficient (Wildman–Crippen LogP) is 0.101. The molecule has 0 unspecified atom stereocenters. The third-order valence-electron chi connectivity index (χ3n) is 2.53. The lowest BCUT2D eigenvalue weighted by Crippen LogP contribution is -2.38. The maximum Gasteiger partial charge on any atom is 0.323 e. The molecule has 0 bridgehead atoms. The molecule has 0 aliphatic rings. The van der Waals surface area contributed by atoms with E-state index in [0.29, 0.717) is 5.69 Å². The van der Waals surface area contributed by atoms with Crippen molar-refractivity contribution in [3.05, 3.63) is 36.7 Å². The lowest BCUT2D eigenvalue weighted by Gasteiger charge is -2.20. The van der Waals surface area contributed by atoms with Crippen LogP contribution in [-0.4, -0.2) is 43.6 Å². The minimum absolute atomic E-state index is 0.0350. The Morgan fingerprint density at radius 3 is 2.50 bits per heavy atom. The number of carboxylic acids is 1. The van der Waals surface area contributed by atoms with E-state index in [1.807, 2.05) is 0 Å². The molecule has 0 aliphatic carbocycles. The first-order chi connectivity index (χ1) is 9.56. The molecule has 0 radical (unpaired) electrons. The number of aromatic hydroxyl groups is 1. The summed E-state index contributed by atoms with van der Waals surface area (Å²) in [6.07, 6.45) is 2.93. The molecular formula is C12H12N4O4. The molecule has 1 heterocycles. The van der Waals surface area contributed by atoms with E-state index < -0.39 is 18.4 Å². The van der Waals surface area contributed by atoms with Crippen LogP contribution in [0, 0.1) is 0 Å². The zero-order chi connectivity index (χ0) is 14.5. The van der Waals surface area contributed by atoms with Crippen LogP contribution in [0.5, 0.6) is 5.75 Å². The van der Waals surface area contributed by atoms with Crippen LogP contribution in [0.4, 0.5) is 5.69 Å². The van der Waals surface area contributed by atoms with Gasteiger partial charge in [-0.15, -0.1) is 5.10 Å². The zero-order valence-electron chi connectivity index (χ0n) is 10.4. The molecule has 0 fully saturated rings. The molecule has 2 aromatic rings. The van der Waals surface area contributed by atoms with Crippen molar-refractivity contribution in [3.63, 3.8) is 0 Å². The summed E-state index contributed by atoms with van der Waals surface area (Å²) in [6.45, 7) is -0.591. The number of aromatic nitrogens is 3. The Hall–Kier alpha value is -2.90. The number of carbonyl (C=O) groups is 2. The van der Waals surface area contributed by atoms with Crippen molar-refractivity contribution in [2.24, 2.45) is 0 Å². The number of benzene rings is 1. The van der Waals surface area contributed by atoms with Crippen LogP contribution < -0.4 is 4.90 Å². The highest BCUT2D eigenvalue weighted by molar-refractivity contribution is 5.97. The summed E-state index contributed by atoms with van der Waals surface area (Å²) in [5.41, 5.74) is 0.385. The highest BCUT2D eigenvalue weighted by Gasteiger charge is 2.19. The molecule has 1 aromatic carbocycles. The Bertz CT molecular complexity index is 594. The van der Waals surface area contributed by atoms with Gasteiger partial charge in [0.15, 0.2) is 0 Å². The van der Waals surface area contributed by atoms with Gasteiger partial charge in [-0.3, -0.25) is 14.5 Å². The van der Waals surface area contributed by atoms with Gasteiger partial charge in [-0.05, 0) is 24.3 Å². The van der Waals surface area contributed by atoms with Gasteiger partial charge in [0.05, 0.1) is 6.20 Å². The lowest BCUT2D eigenvalue weighted by molar-refractivity contribution is -0.136. The molecule has 1 aromatic heterocycles. The van der Waals surface area contributed by atoms with Gasteiger partial charge in [0.25, 0.3) is 0 Å². The number of amides is 1. The second-order valence-corrected chi connectivity index (χ2v) is 3.99. The summed E-state index contributed by atoms with van der Waals surface area (Å²) in [5, 5.41) is 25.4. The van der Waals surface area contributed by atoms with E-state index in [0.717, 1.165) is 4.90 Å². The molecule has 0 atom stereocenters. The summed E-state index contributed by atoms with van der Waals surface area (Å²) in [5.74, 6) is -1.54. The molecule has 0 saturated carbocycles. The van der Waals surface area contributed by atoms with E-state index in [4.69, 9.17) is 5.11 Å². The number of phenolic OH excluding ortho intramolecular Hbond substituents is 1. The van der Waals surface area contributed by atoms with E-state index in [9.17, 15) is 14.7 Å². The first kappa shape index (κ1) is 13.5. The summed E-state index contributed by atoms with van der Waals surface area (Å²) in [4.78, 5) is 24.1. The van der Waals surface area contributed by atoms with E-state index in [1.165, 1.54) is 41.3 Å². The van der Waals surface area contributed by atoms with Crippen molar-refractivity contribution in [2.75, 3.05) is 11.4 Å². The molecule has 2 rings (SSSR count). The number of hydrogen-bond acceptors (Lipinski definition) is 5. The maximum atomic E-state index is 12.1. The number of carbonyl (C=O) groups excluding carboxylic acids is 1. The van der Waals surface area contributed by atoms with Crippen LogP contribution in [0.1, 0.15) is 0 Å². The average molecular weight is 276 g/mol. The van der Waals surface area contributed by atoms with Gasteiger partial charge in [-0.25, -0.2) is 4.68 Å². The Balaban J connectivity index is 2.20. The average Bonchev–Trinajstić information content (AvgIpc) is 2.89. The van der Waals surface area contributed by atoms with Gasteiger partial charge in [0.2, 0.25) is 5.91 Å². The van der Waals surface area contributed by atoms with Crippen LogP contribution in [0.2, 0.25) is 0 Å². The topological polar surface area (TPSA) is 109 Å². The molecular weight excluding hydrogens is 264 g/mol. The highest BCUT2D eigenvalue weighted by atomic mass is 16.4.